The highest BCUT2D eigenvalue weighted by Crippen LogP contribution is 2.38. The predicted octanol–water partition coefficient (Wildman–Crippen LogP) is 3.94. The van der Waals surface area contributed by atoms with E-state index in [9.17, 15) is 9.59 Å². The zero-order chi connectivity index (χ0) is 19.2. The number of carbonyl (C=O) groups is 2. The molecule has 1 saturated heterocycles. The maximum Gasteiger partial charge on any atom is 0.341 e. The molecular formula is C20H22N2O3S2. The third kappa shape index (κ3) is 4.59. The minimum absolute atomic E-state index is 0.0412. The van der Waals surface area contributed by atoms with E-state index < -0.39 is 5.97 Å². The zero-order valence-corrected chi connectivity index (χ0v) is 16.8. The van der Waals surface area contributed by atoms with Gasteiger partial charge in [0.05, 0.1) is 13.2 Å². The Morgan fingerprint density at radius 2 is 2.15 bits per heavy atom. The molecule has 0 unspecified atom stereocenters. The topological polar surface area (TPSA) is 58.6 Å². The van der Waals surface area contributed by atoms with E-state index in [4.69, 9.17) is 11.2 Å². The number of thiophene rings is 2. The molecule has 5 nitrogen and oxygen atoms in total. The first-order chi connectivity index (χ1) is 13.1. The summed E-state index contributed by atoms with van der Waals surface area (Å²) < 4.78 is 5.23. The molecule has 142 valence electrons. The van der Waals surface area contributed by atoms with Crippen molar-refractivity contribution in [3.8, 4) is 22.8 Å². The molecule has 0 spiro atoms. The summed E-state index contributed by atoms with van der Waals surface area (Å²) in [4.78, 5) is 28.4. The lowest BCUT2D eigenvalue weighted by molar-refractivity contribution is -0.121. The minimum Gasteiger partial charge on any atom is -0.462 e. The van der Waals surface area contributed by atoms with Gasteiger partial charge in [0.25, 0.3) is 0 Å². The Kier molecular flexibility index (Phi) is 6.67. The van der Waals surface area contributed by atoms with Crippen molar-refractivity contribution in [3.05, 3.63) is 28.5 Å². The first kappa shape index (κ1) is 19.6. The molecule has 0 saturated carbocycles. The Morgan fingerprint density at radius 3 is 2.78 bits per heavy atom. The van der Waals surface area contributed by atoms with Crippen LogP contribution in [0.1, 0.15) is 30.1 Å². The van der Waals surface area contributed by atoms with Crippen LogP contribution in [0.2, 0.25) is 0 Å². The number of hydrogen-bond donors (Lipinski definition) is 1. The summed E-state index contributed by atoms with van der Waals surface area (Å²) >= 11 is 2.92. The van der Waals surface area contributed by atoms with Gasteiger partial charge in [-0.2, -0.15) is 0 Å². The number of nitrogens with one attached hydrogen (secondary N) is 1. The second-order valence-corrected chi connectivity index (χ2v) is 8.12. The summed E-state index contributed by atoms with van der Waals surface area (Å²) in [5, 5.41) is 7.40. The van der Waals surface area contributed by atoms with Crippen LogP contribution in [-0.4, -0.2) is 43.0 Å². The normalized spacial score (nSPS) is 15.3. The van der Waals surface area contributed by atoms with Crippen LogP contribution >= 0.6 is 22.7 Å². The maximum atomic E-state index is 12.7. The number of terminal acetylenes is 1. The van der Waals surface area contributed by atoms with Gasteiger partial charge in [0.15, 0.2) is 0 Å². The van der Waals surface area contributed by atoms with Crippen molar-refractivity contribution >= 4 is 39.6 Å². The number of amides is 1. The number of carbonyl (C=O) groups excluding carboxylic acids is 2. The molecule has 3 heterocycles. The van der Waals surface area contributed by atoms with Crippen molar-refractivity contribution in [1.29, 1.82) is 0 Å². The van der Waals surface area contributed by atoms with Crippen molar-refractivity contribution in [2.75, 3.05) is 31.6 Å². The highest BCUT2D eigenvalue weighted by molar-refractivity contribution is 7.17. The maximum absolute atomic E-state index is 12.7. The molecule has 0 aromatic carbocycles. The van der Waals surface area contributed by atoms with Gasteiger partial charge in [-0.15, -0.1) is 29.1 Å². The number of anilines is 1. The molecule has 1 N–H and O–H groups in total. The van der Waals surface area contributed by atoms with Crippen LogP contribution in [-0.2, 0) is 9.53 Å². The number of esters is 1. The van der Waals surface area contributed by atoms with Crippen LogP contribution in [0.3, 0.4) is 0 Å². The van der Waals surface area contributed by atoms with Crippen molar-refractivity contribution in [2.45, 2.75) is 19.8 Å². The predicted molar refractivity (Wildman–Crippen MR) is 110 cm³/mol. The SMILES string of the molecule is C#CCN1CCC(C(=O)Nc2scc(-c3cccs3)c2C(=O)OCC)CC1. The summed E-state index contributed by atoms with van der Waals surface area (Å²) in [6.07, 6.45) is 6.89. The number of ether oxygens (including phenoxy) is 1. The molecule has 7 heteroatoms. The van der Waals surface area contributed by atoms with E-state index in [0.717, 1.165) is 36.4 Å². The third-order valence-electron chi connectivity index (χ3n) is 4.57. The second-order valence-electron chi connectivity index (χ2n) is 6.30. The molecule has 2 aromatic rings. The molecule has 27 heavy (non-hydrogen) atoms. The lowest BCUT2D eigenvalue weighted by Crippen LogP contribution is -2.38. The second kappa shape index (κ2) is 9.18. The molecule has 0 bridgehead atoms. The Balaban J connectivity index is 1.76. The molecule has 1 aliphatic rings. The number of rotatable bonds is 6. The number of piperidine rings is 1. The molecule has 0 aliphatic carbocycles. The van der Waals surface area contributed by atoms with Crippen molar-refractivity contribution in [1.82, 2.24) is 4.90 Å². The molecule has 2 aromatic heterocycles. The minimum atomic E-state index is -0.402. The van der Waals surface area contributed by atoms with E-state index in [1.165, 1.54) is 11.3 Å². The van der Waals surface area contributed by atoms with E-state index >= 15 is 0 Å². The molecule has 1 aliphatic heterocycles. The zero-order valence-electron chi connectivity index (χ0n) is 15.2. The van der Waals surface area contributed by atoms with E-state index in [-0.39, 0.29) is 11.8 Å². The smallest absolute Gasteiger partial charge is 0.341 e. The quantitative estimate of drug-likeness (QED) is 0.587. The Morgan fingerprint density at radius 1 is 1.37 bits per heavy atom. The van der Waals surface area contributed by atoms with Crippen LogP contribution in [0.4, 0.5) is 5.00 Å². The molecule has 1 amide bonds. The molecule has 3 rings (SSSR count). The van der Waals surface area contributed by atoms with E-state index in [0.29, 0.717) is 23.7 Å². The largest absolute Gasteiger partial charge is 0.462 e. The average molecular weight is 403 g/mol. The van der Waals surface area contributed by atoms with Gasteiger partial charge in [0.2, 0.25) is 5.91 Å². The molecule has 0 radical (unpaired) electrons. The van der Waals surface area contributed by atoms with Gasteiger partial charge < -0.3 is 10.1 Å². The summed E-state index contributed by atoms with van der Waals surface area (Å²) in [5.41, 5.74) is 1.26. The fourth-order valence-electron chi connectivity index (χ4n) is 3.17. The lowest BCUT2D eigenvalue weighted by Gasteiger charge is -2.29. The van der Waals surface area contributed by atoms with Crippen LogP contribution in [0, 0.1) is 18.3 Å². The number of likely N-dealkylation sites (tertiary alicyclic amines) is 1. The van der Waals surface area contributed by atoms with E-state index in [2.05, 4.69) is 16.1 Å². The first-order valence-electron chi connectivity index (χ1n) is 8.93. The van der Waals surface area contributed by atoms with Gasteiger partial charge in [0, 0.05) is 21.7 Å². The van der Waals surface area contributed by atoms with Gasteiger partial charge in [-0.1, -0.05) is 12.0 Å². The van der Waals surface area contributed by atoms with Gasteiger partial charge in [0.1, 0.15) is 10.6 Å². The summed E-state index contributed by atoms with van der Waals surface area (Å²) in [6, 6.07) is 3.90. The molecule has 0 atom stereocenters. The third-order valence-corrected chi connectivity index (χ3v) is 6.37. The Bertz CT molecular complexity index is 828. The highest BCUT2D eigenvalue weighted by atomic mass is 32.1. The first-order valence-corrected chi connectivity index (χ1v) is 10.7. The van der Waals surface area contributed by atoms with Gasteiger partial charge in [-0.05, 0) is 44.3 Å². The average Bonchev–Trinajstić information content (AvgIpc) is 3.32. The lowest BCUT2D eigenvalue weighted by atomic mass is 9.96. The Hall–Kier alpha value is -2.14. The van der Waals surface area contributed by atoms with Crippen molar-refractivity contribution in [3.63, 3.8) is 0 Å². The van der Waals surface area contributed by atoms with Crippen molar-refractivity contribution in [2.24, 2.45) is 5.92 Å². The molecule has 1 fully saturated rings. The van der Waals surface area contributed by atoms with E-state index in [1.807, 2.05) is 22.9 Å². The summed E-state index contributed by atoms with van der Waals surface area (Å²) in [6.45, 7) is 4.32. The van der Waals surface area contributed by atoms with Crippen molar-refractivity contribution < 1.29 is 14.3 Å². The van der Waals surface area contributed by atoms with Crippen LogP contribution in [0.5, 0.6) is 0 Å². The Labute approximate surface area is 167 Å². The fourth-order valence-corrected chi connectivity index (χ4v) is 4.94. The van der Waals surface area contributed by atoms with E-state index in [1.54, 1.807) is 18.3 Å². The van der Waals surface area contributed by atoms with Crippen LogP contribution < -0.4 is 5.32 Å². The fraction of sp³-hybridized carbons (Fsp3) is 0.400. The highest BCUT2D eigenvalue weighted by Gasteiger charge is 2.28. The van der Waals surface area contributed by atoms with Gasteiger partial charge in [-0.25, -0.2) is 4.79 Å². The molecular weight excluding hydrogens is 380 g/mol. The monoisotopic (exact) mass is 402 g/mol. The standard InChI is InChI=1S/C20H22N2O3S2/c1-3-9-22-10-7-14(8-11-22)18(23)21-19-17(20(24)25-4-2)15(13-27-19)16-6-5-12-26-16/h1,5-6,12-14H,4,7-11H2,2H3,(H,21,23). The van der Waals surface area contributed by atoms with Gasteiger partial charge >= 0.3 is 5.97 Å². The summed E-state index contributed by atoms with van der Waals surface area (Å²) in [7, 11) is 0. The number of nitrogens with zero attached hydrogens (tertiary/aromatic N) is 1. The number of hydrogen-bond acceptors (Lipinski definition) is 6. The van der Waals surface area contributed by atoms with Crippen LogP contribution in [0.25, 0.3) is 10.4 Å². The summed E-state index contributed by atoms with van der Waals surface area (Å²) in [5.74, 6) is 2.13. The van der Waals surface area contributed by atoms with Crippen LogP contribution in [0.15, 0.2) is 22.9 Å². The van der Waals surface area contributed by atoms with Gasteiger partial charge in [-0.3, -0.25) is 9.69 Å².